The first-order chi connectivity index (χ1) is 14.4. The van der Waals surface area contributed by atoms with Crippen molar-refractivity contribution in [1.82, 2.24) is 4.90 Å². The minimum Gasteiger partial charge on any atom is -0.493 e. The number of hydrogen-bond donors (Lipinski definition) is 0. The summed E-state index contributed by atoms with van der Waals surface area (Å²) in [6.45, 7) is 1.85. The zero-order chi connectivity index (χ0) is 21.7. The molecule has 0 atom stereocenters. The van der Waals surface area contributed by atoms with Crippen molar-refractivity contribution in [3.05, 3.63) is 26.2 Å². The van der Waals surface area contributed by atoms with Gasteiger partial charge in [0.1, 0.15) is 4.32 Å². The van der Waals surface area contributed by atoms with Gasteiger partial charge >= 0.3 is 5.97 Å². The molecular formula is C21H24INO5S2. The fourth-order valence-electron chi connectivity index (χ4n) is 3.58. The van der Waals surface area contributed by atoms with Crippen molar-refractivity contribution in [1.29, 1.82) is 0 Å². The van der Waals surface area contributed by atoms with E-state index in [0.29, 0.717) is 27.3 Å². The van der Waals surface area contributed by atoms with Crippen LogP contribution in [0.15, 0.2) is 17.0 Å². The number of amides is 1. The third-order valence-corrected chi connectivity index (χ3v) is 7.08. The van der Waals surface area contributed by atoms with Gasteiger partial charge in [-0.25, -0.2) is 4.79 Å². The van der Waals surface area contributed by atoms with E-state index in [1.54, 1.807) is 17.9 Å². The van der Waals surface area contributed by atoms with Gasteiger partial charge in [0.25, 0.3) is 5.91 Å². The Kier molecular flexibility index (Phi) is 8.41. The third kappa shape index (κ3) is 5.47. The Labute approximate surface area is 199 Å². The van der Waals surface area contributed by atoms with Crippen LogP contribution in [0.1, 0.15) is 44.6 Å². The van der Waals surface area contributed by atoms with Crippen LogP contribution >= 0.6 is 46.6 Å². The Hall–Kier alpha value is -1.33. The molecule has 1 aromatic carbocycles. The van der Waals surface area contributed by atoms with Crippen LogP contribution < -0.4 is 9.47 Å². The van der Waals surface area contributed by atoms with Crippen LogP contribution in [0, 0.1) is 3.57 Å². The first-order valence-corrected chi connectivity index (χ1v) is 12.2. The fourth-order valence-corrected chi connectivity index (χ4v) is 5.76. The molecule has 1 aliphatic heterocycles. The van der Waals surface area contributed by atoms with Crippen molar-refractivity contribution in [3.8, 4) is 11.5 Å². The lowest BCUT2D eigenvalue weighted by Gasteiger charge is -2.29. The number of rotatable bonds is 7. The highest BCUT2D eigenvalue weighted by atomic mass is 127. The van der Waals surface area contributed by atoms with E-state index in [1.165, 1.54) is 25.3 Å². The van der Waals surface area contributed by atoms with E-state index >= 15 is 0 Å². The second-order valence-electron chi connectivity index (χ2n) is 6.97. The maximum Gasteiger partial charge on any atom is 0.344 e. The quantitative estimate of drug-likeness (QED) is 0.206. The molecule has 1 saturated heterocycles. The summed E-state index contributed by atoms with van der Waals surface area (Å²) < 4.78 is 17.4. The minimum atomic E-state index is -0.439. The molecule has 2 fully saturated rings. The molecule has 1 aliphatic carbocycles. The summed E-state index contributed by atoms with van der Waals surface area (Å²) in [5, 5.41) is 0. The fraction of sp³-hybridized carbons (Fsp3) is 0.476. The lowest BCUT2D eigenvalue weighted by Crippen LogP contribution is -2.39. The highest BCUT2D eigenvalue weighted by Gasteiger charge is 2.37. The van der Waals surface area contributed by atoms with Gasteiger partial charge in [-0.2, -0.15) is 0 Å². The van der Waals surface area contributed by atoms with Crippen LogP contribution in [0.4, 0.5) is 0 Å². The van der Waals surface area contributed by atoms with E-state index in [9.17, 15) is 9.59 Å². The summed E-state index contributed by atoms with van der Waals surface area (Å²) in [5.41, 5.74) is 0.809. The zero-order valence-corrected chi connectivity index (χ0v) is 20.7. The summed E-state index contributed by atoms with van der Waals surface area (Å²) in [5.74, 6) is 0.498. The second kappa shape index (κ2) is 10.8. The summed E-state index contributed by atoms with van der Waals surface area (Å²) >= 11 is 8.98. The molecule has 6 nitrogen and oxygen atoms in total. The zero-order valence-electron chi connectivity index (χ0n) is 16.9. The van der Waals surface area contributed by atoms with Gasteiger partial charge in [0.05, 0.1) is 22.2 Å². The number of esters is 1. The highest BCUT2D eigenvalue weighted by Crippen LogP contribution is 2.39. The molecule has 1 amide bonds. The number of benzene rings is 1. The van der Waals surface area contributed by atoms with Crippen LogP contribution in [0.5, 0.6) is 11.5 Å². The number of hydrogen-bond acceptors (Lipinski definition) is 7. The summed E-state index contributed by atoms with van der Waals surface area (Å²) in [7, 11) is 1.54. The third-order valence-electron chi connectivity index (χ3n) is 4.95. The van der Waals surface area contributed by atoms with Crippen molar-refractivity contribution in [2.45, 2.75) is 45.1 Å². The predicted octanol–water partition coefficient (Wildman–Crippen LogP) is 4.78. The van der Waals surface area contributed by atoms with E-state index in [2.05, 4.69) is 22.6 Å². The van der Waals surface area contributed by atoms with Crippen LogP contribution in [0.25, 0.3) is 6.08 Å². The number of ether oxygens (including phenoxy) is 3. The van der Waals surface area contributed by atoms with E-state index in [4.69, 9.17) is 26.4 Å². The number of thioether (sulfide) groups is 1. The van der Waals surface area contributed by atoms with Crippen LogP contribution in [0.3, 0.4) is 0 Å². The molecular weight excluding hydrogens is 537 g/mol. The van der Waals surface area contributed by atoms with E-state index in [1.807, 2.05) is 12.1 Å². The Morgan fingerprint density at radius 3 is 2.73 bits per heavy atom. The monoisotopic (exact) mass is 561 g/mol. The maximum absolute atomic E-state index is 13.0. The molecule has 0 bridgehead atoms. The Balaban J connectivity index is 1.79. The topological polar surface area (TPSA) is 65.1 Å². The van der Waals surface area contributed by atoms with Crippen LogP contribution in [-0.4, -0.2) is 47.5 Å². The lowest BCUT2D eigenvalue weighted by molar-refractivity contribution is -0.145. The number of methoxy groups -OCH3 is 1. The predicted molar refractivity (Wildman–Crippen MR) is 130 cm³/mol. The molecule has 1 saturated carbocycles. The van der Waals surface area contributed by atoms with Gasteiger partial charge in [-0.15, -0.1) is 0 Å². The van der Waals surface area contributed by atoms with Gasteiger partial charge in [0.2, 0.25) is 0 Å². The molecule has 9 heteroatoms. The number of halogens is 1. The molecule has 162 valence electrons. The average Bonchev–Trinajstić information content (AvgIpc) is 3.00. The van der Waals surface area contributed by atoms with Gasteiger partial charge in [0.15, 0.2) is 18.1 Å². The standard InChI is InChI=1S/C21H24INO5S2/c1-3-27-18(24)12-28-19-15(22)9-13(10-16(19)26-2)11-17-20(25)23(21(29)30-17)14-7-5-4-6-8-14/h9-11,14H,3-8,12H2,1-2H3/b17-11-. The number of thiocarbonyl (C=S) groups is 1. The average molecular weight is 561 g/mol. The molecule has 0 unspecified atom stereocenters. The van der Waals surface area contributed by atoms with Gasteiger partial charge in [-0.3, -0.25) is 9.69 Å². The Morgan fingerprint density at radius 2 is 2.07 bits per heavy atom. The first-order valence-electron chi connectivity index (χ1n) is 9.87. The van der Waals surface area contributed by atoms with E-state index in [-0.39, 0.29) is 18.6 Å². The number of nitrogens with zero attached hydrogens (tertiary/aromatic N) is 1. The van der Waals surface area contributed by atoms with Gasteiger partial charge in [-0.1, -0.05) is 43.2 Å². The SMILES string of the molecule is CCOC(=O)COc1c(I)cc(/C=C2\SC(=S)N(C3CCCCC3)C2=O)cc1OC. The molecule has 0 radical (unpaired) electrons. The largest absolute Gasteiger partial charge is 0.493 e. The van der Waals surface area contributed by atoms with Crippen molar-refractivity contribution < 1.29 is 23.8 Å². The Bertz CT molecular complexity index is 867. The first kappa shape index (κ1) is 23.3. The van der Waals surface area contributed by atoms with Gasteiger partial charge in [0, 0.05) is 6.04 Å². The van der Waals surface area contributed by atoms with Crippen molar-refractivity contribution in [2.24, 2.45) is 0 Å². The number of carbonyl (C=O) groups is 2. The van der Waals surface area contributed by atoms with Crippen molar-refractivity contribution >= 4 is 68.8 Å². The molecule has 1 heterocycles. The second-order valence-corrected chi connectivity index (χ2v) is 9.81. The smallest absolute Gasteiger partial charge is 0.344 e. The van der Waals surface area contributed by atoms with E-state index in [0.717, 1.165) is 34.8 Å². The molecule has 3 rings (SSSR count). The van der Waals surface area contributed by atoms with Crippen LogP contribution in [0.2, 0.25) is 0 Å². The van der Waals surface area contributed by atoms with Crippen molar-refractivity contribution in [3.63, 3.8) is 0 Å². The summed E-state index contributed by atoms with van der Waals surface area (Å²) in [6, 6.07) is 3.89. The Morgan fingerprint density at radius 1 is 1.33 bits per heavy atom. The molecule has 0 N–H and O–H groups in total. The molecule has 2 aliphatic rings. The molecule has 30 heavy (non-hydrogen) atoms. The molecule has 1 aromatic rings. The maximum atomic E-state index is 13.0. The van der Waals surface area contributed by atoms with Gasteiger partial charge < -0.3 is 14.2 Å². The highest BCUT2D eigenvalue weighted by molar-refractivity contribution is 14.1. The lowest BCUT2D eigenvalue weighted by atomic mass is 9.94. The van der Waals surface area contributed by atoms with Crippen LogP contribution in [-0.2, 0) is 14.3 Å². The molecule has 0 spiro atoms. The van der Waals surface area contributed by atoms with Crippen molar-refractivity contribution in [2.75, 3.05) is 20.3 Å². The normalized spacial score (nSPS) is 18.8. The molecule has 0 aromatic heterocycles. The minimum absolute atomic E-state index is 0.0199. The summed E-state index contributed by atoms with van der Waals surface area (Å²) in [4.78, 5) is 27.0. The van der Waals surface area contributed by atoms with Gasteiger partial charge in [-0.05, 0) is 66.1 Å². The van der Waals surface area contributed by atoms with E-state index < -0.39 is 5.97 Å². The number of carbonyl (C=O) groups excluding carboxylic acids is 2. The summed E-state index contributed by atoms with van der Waals surface area (Å²) in [6.07, 6.45) is 7.37.